The number of anilines is 2. The number of ether oxygens (including phenoxy) is 1. The molecule has 1 aliphatic heterocycles. The number of nitrogens with one attached hydrogen (secondary N) is 1. The molecule has 0 aromatic heterocycles. The molecule has 0 fully saturated rings. The topological polar surface area (TPSA) is 24.5 Å². The lowest BCUT2D eigenvalue weighted by atomic mass is 10.1. The number of methoxy groups -OCH3 is 1. The Hall–Kier alpha value is -1.68. The third-order valence-corrected chi connectivity index (χ3v) is 4.37. The highest BCUT2D eigenvalue weighted by molar-refractivity contribution is 9.10. The molecule has 0 aliphatic carbocycles. The van der Waals surface area contributed by atoms with Crippen molar-refractivity contribution in [2.45, 2.75) is 13.0 Å². The molecule has 2 aromatic rings. The third kappa shape index (κ3) is 3.16. The van der Waals surface area contributed by atoms with Crippen molar-refractivity contribution in [3.63, 3.8) is 0 Å². The second-order valence-electron chi connectivity index (χ2n) is 5.19. The van der Waals surface area contributed by atoms with E-state index < -0.39 is 0 Å². The van der Waals surface area contributed by atoms with Crippen LogP contribution in [0.5, 0.6) is 5.75 Å². The summed E-state index contributed by atoms with van der Waals surface area (Å²) in [5.41, 5.74) is 3.78. The summed E-state index contributed by atoms with van der Waals surface area (Å²) in [5, 5.41) is 3.50. The van der Waals surface area contributed by atoms with Crippen molar-refractivity contribution in [2.75, 3.05) is 30.4 Å². The van der Waals surface area contributed by atoms with E-state index in [9.17, 15) is 0 Å². The van der Waals surface area contributed by atoms with Crippen LogP contribution in [0.4, 0.5) is 11.4 Å². The first kappa shape index (κ1) is 14.3. The van der Waals surface area contributed by atoms with Crippen LogP contribution in [0.3, 0.4) is 0 Å². The molecule has 0 bridgehead atoms. The predicted octanol–water partition coefficient (Wildman–Crippen LogP) is 4.28. The van der Waals surface area contributed by atoms with Gasteiger partial charge in [0, 0.05) is 19.6 Å². The summed E-state index contributed by atoms with van der Waals surface area (Å²) in [6.45, 7) is 2.99. The number of rotatable bonds is 3. The Kier molecular flexibility index (Phi) is 4.34. The zero-order valence-corrected chi connectivity index (χ0v) is 13.7. The van der Waals surface area contributed by atoms with Crippen LogP contribution in [0.15, 0.2) is 46.9 Å². The van der Waals surface area contributed by atoms with Crippen molar-refractivity contribution in [1.82, 2.24) is 0 Å². The number of halogens is 1. The fourth-order valence-corrected chi connectivity index (χ4v) is 3.29. The van der Waals surface area contributed by atoms with Crippen LogP contribution >= 0.6 is 15.9 Å². The van der Waals surface area contributed by atoms with Gasteiger partial charge in [0.2, 0.25) is 0 Å². The van der Waals surface area contributed by atoms with Gasteiger partial charge in [0.1, 0.15) is 5.75 Å². The summed E-state index contributed by atoms with van der Waals surface area (Å²) in [5.74, 6) is 0.872. The Bertz CT molecular complexity index is 630. The minimum atomic E-state index is 0.872. The average molecular weight is 347 g/mol. The maximum Gasteiger partial charge on any atom is 0.133 e. The first-order chi connectivity index (χ1) is 10.3. The van der Waals surface area contributed by atoms with E-state index in [0.29, 0.717) is 0 Å². The molecule has 0 unspecified atom stereocenters. The fourth-order valence-electron chi connectivity index (χ4n) is 2.71. The van der Waals surface area contributed by atoms with Crippen molar-refractivity contribution in [3.05, 3.63) is 52.5 Å². The van der Waals surface area contributed by atoms with Gasteiger partial charge in [0.05, 0.1) is 23.0 Å². The van der Waals surface area contributed by atoms with Crippen LogP contribution in [0.2, 0.25) is 0 Å². The highest BCUT2D eigenvalue weighted by Gasteiger charge is 2.15. The van der Waals surface area contributed by atoms with Crippen molar-refractivity contribution in [2.24, 2.45) is 0 Å². The van der Waals surface area contributed by atoms with Crippen LogP contribution in [0, 0.1) is 0 Å². The Morgan fingerprint density at radius 1 is 1.24 bits per heavy atom. The molecular formula is C17H19BrN2O. The molecule has 3 rings (SSSR count). The van der Waals surface area contributed by atoms with Crippen molar-refractivity contribution >= 4 is 27.3 Å². The standard InChI is InChI=1S/C17H19BrN2O/c1-21-17-8-7-13(11-14(17)18)12-20-10-4-9-19-15-5-2-3-6-16(15)20/h2-3,5-8,11,19H,4,9-10,12H2,1H3. The van der Waals surface area contributed by atoms with Crippen LogP contribution in [0.1, 0.15) is 12.0 Å². The van der Waals surface area contributed by atoms with Gasteiger partial charge in [-0.25, -0.2) is 0 Å². The lowest BCUT2D eigenvalue weighted by Crippen LogP contribution is -2.23. The zero-order valence-electron chi connectivity index (χ0n) is 12.1. The van der Waals surface area contributed by atoms with Gasteiger partial charge in [-0.2, -0.15) is 0 Å². The van der Waals surface area contributed by atoms with E-state index in [2.05, 4.69) is 62.5 Å². The second kappa shape index (κ2) is 6.39. The Morgan fingerprint density at radius 3 is 2.90 bits per heavy atom. The van der Waals surface area contributed by atoms with E-state index in [-0.39, 0.29) is 0 Å². The van der Waals surface area contributed by atoms with Gasteiger partial charge in [0.25, 0.3) is 0 Å². The molecule has 3 nitrogen and oxygen atoms in total. The number of benzene rings is 2. The molecule has 0 saturated carbocycles. The number of hydrogen-bond acceptors (Lipinski definition) is 3. The number of hydrogen-bond donors (Lipinski definition) is 1. The molecule has 4 heteroatoms. The van der Waals surface area contributed by atoms with Crippen LogP contribution < -0.4 is 15.0 Å². The lowest BCUT2D eigenvalue weighted by Gasteiger charge is -2.24. The molecule has 0 atom stereocenters. The second-order valence-corrected chi connectivity index (χ2v) is 6.04. The molecule has 110 valence electrons. The maximum atomic E-state index is 5.30. The minimum Gasteiger partial charge on any atom is -0.496 e. The van der Waals surface area contributed by atoms with Crippen molar-refractivity contribution < 1.29 is 4.74 Å². The monoisotopic (exact) mass is 346 g/mol. The van der Waals surface area contributed by atoms with Gasteiger partial charge >= 0.3 is 0 Å². The molecule has 0 saturated heterocycles. The van der Waals surface area contributed by atoms with Crippen LogP contribution in [-0.4, -0.2) is 20.2 Å². The van der Waals surface area contributed by atoms with Gasteiger partial charge in [-0.15, -0.1) is 0 Å². The largest absolute Gasteiger partial charge is 0.496 e. The fraction of sp³-hybridized carbons (Fsp3) is 0.294. The maximum absolute atomic E-state index is 5.30. The Balaban J connectivity index is 1.86. The van der Waals surface area contributed by atoms with Gasteiger partial charge in [-0.3, -0.25) is 0 Å². The van der Waals surface area contributed by atoms with Gasteiger partial charge in [-0.1, -0.05) is 18.2 Å². The first-order valence-corrected chi connectivity index (χ1v) is 7.97. The summed E-state index contributed by atoms with van der Waals surface area (Å²) >= 11 is 3.56. The SMILES string of the molecule is COc1ccc(CN2CCCNc3ccccc32)cc1Br. The van der Waals surface area contributed by atoms with Crippen LogP contribution in [-0.2, 0) is 6.54 Å². The normalized spacial score (nSPS) is 14.1. The van der Waals surface area contributed by atoms with Crippen molar-refractivity contribution in [1.29, 1.82) is 0 Å². The summed E-state index contributed by atoms with van der Waals surface area (Å²) in [6.07, 6.45) is 1.14. The van der Waals surface area contributed by atoms with E-state index in [1.807, 2.05) is 6.07 Å². The third-order valence-electron chi connectivity index (χ3n) is 3.75. The van der Waals surface area contributed by atoms with Crippen LogP contribution in [0.25, 0.3) is 0 Å². The summed E-state index contributed by atoms with van der Waals surface area (Å²) in [6, 6.07) is 14.8. The average Bonchev–Trinajstić information content (AvgIpc) is 2.70. The van der Waals surface area contributed by atoms with E-state index >= 15 is 0 Å². The van der Waals surface area contributed by atoms with Crippen molar-refractivity contribution in [3.8, 4) is 5.75 Å². The number of nitrogens with zero attached hydrogens (tertiary/aromatic N) is 1. The Morgan fingerprint density at radius 2 is 2.10 bits per heavy atom. The van der Waals surface area contributed by atoms with E-state index in [0.717, 1.165) is 36.3 Å². The quantitative estimate of drug-likeness (QED) is 0.897. The predicted molar refractivity (Wildman–Crippen MR) is 91.3 cm³/mol. The highest BCUT2D eigenvalue weighted by atomic mass is 79.9. The van der Waals surface area contributed by atoms with E-state index in [1.54, 1.807) is 7.11 Å². The molecule has 0 radical (unpaired) electrons. The number of fused-ring (bicyclic) bond motifs is 1. The molecule has 1 N–H and O–H groups in total. The molecular weight excluding hydrogens is 328 g/mol. The summed E-state index contributed by atoms with van der Waals surface area (Å²) < 4.78 is 6.30. The Labute approximate surface area is 134 Å². The molecule has 1 aliphatic rings. The van der Waals surface area contributed by atoms with Gasteiger partial charge in [0.15, 0.2) is 0 Å². The van der Waals surface area contributed by atoms with E-state index in [1.165, 1.54) is 16.9 Å². The van der Waals surface area contributed by atoms with E-state index in [4.69, 9.17) is 4.74 Å². The molecule has 0 amide bonds. The summed E-state index contributed by atoms with van der Waals surface area (Å²) in [4.78, 5) is 2.43. The summed E-state index contributed by atoms with van der Waals surface area (Å²) in [7, 11) is 1.69. The smallest absolute Gasteiger partial charge is 0.133 e. The minimum absolute atomic E-state index is 0.872. The molecule has 21 heavy (non-hydrogen) atoms. The zero-order chi connectivity index (χ0) is 14.7. The molecule has 1 heterocycles. The molecule has 0 spiro atoms. The number of para-hydroxylation sites is 2. The first-order valence-electron chi connectivity index (χ1n) is 7.18. The highest BCUT2D eigenvalue weighted by Crippen LogP contribution is 2.31. The van der Waals surface area contributed by atoms with Gasteiger partial charge < -0.3 is 15.0 Å². The molecule has 2 aromatic carbocycles. The lowest BCUT2D eigenvalue weighted by molar-refractivity contribution is 0.412. The van der Waals surface area contributed by atoms with Gasteiger partial charge in [-0.05, 0) is 52.2 Å².